The highest BCUT2D eigenvalue weighted by Gasteiger charge is 2.23. The highest BCUT2D eigenvalue weighted by molar-refractivity contribution is 5.97. The molecule has 0 radical (unpaired) electrons. The predicted octanol–water partition coefficient (Wildman–Crippen LogP) is 2.74. The topological polar surface area (TPSA) is 84.5 Å². The van der Waals surface area contributed by atoms with Crippen molar-refractivity contribution in [1.29, 1.82) is 0 Å². The van der Waals surface area contributed by atoms with Gasteiger partial charge in [0.1, 0.15) is 6.04 Å². The molecule has 6 heteroatoms. The Bertz CT molecular complexity index is 567. The van der Waals surface area contributed by atoms with Gasteiger partial charge in [0, 0.05) is 12.6 Å². The minimum atomic E-state index is -0.610. The van der Waals surface area contributed by atoms with E-state index < -0.39 is 6.04 Å². The molecule has 0 spiro atoms. The van der Waals surface area contributed by atoms with Crippen molar-refractivity contribution in [3.8, 4) is 0 Å². The number of unbranched alkanes of at least 4 members (excludes halogenated alkanes) is 1. The van der Waals surface area contributed by atoms with E-state index in [0.29, 0.717) is 17.9 Å². The molecule has 0 fully saturated rings. The van der Waals surface area contributed by atoms with Gasteiger partial charge in [0.15, 0.2) is 0 Å². The fraction of sp³-hybridized carbons (Fsp3) is 0.500. The van der Waals surface area contributed by atoms with Crippen molar-refractivity contribution in [2.45, 2.75) is 46.6 Å². The number of esters is 1. The van der Waals surface area contributed by atoms with Crippen LogP contribution < -0.4 is 10.6 Å². The molecule has 0 heterocycles. The molecule has 1 atom stereocenters. The smallest absolute Gasteiger partial charge is 0.338 e. The molecule has 0 saturated heterocycles. The number of carbonyl (C=O) groups is 3. The lowest BCUT2D eigenvalue weighted by molar-refractivity contribution is -0.126. The summed E-state index contributed by atoms with van der Waals surface area (Å²) < 4.78 is 5.13. The summed E-state index contributed by atoms with van der Waals surface area (Å²) in [5.74, 6) is -0.964. The average molecular weight is 334 g/mol. The molecule has 132 valence electrons. The maximum Gasteiger partial charge on any atom is 0.338 e. The number of carbonyl (C=O) groups excluding carboxylic acids is 3. The SMILES string of the molecule is CCCCOC(=O)c1ccc(NC(=O)C(NC(C)=O)C(C)C)cc1. The zero-order chi connectivity index (χ0) is 18.1. The van der Waals surface area contributed by atoms with Gasteiger partial charge in [0.05, 0.1) is 12.2 Å². The van der Waals surface area contributed by atoms with E-state index in [4.69, 9.17) is 4.74 Å². The van der Waals surface area contributed by atoms with E-state index in [1.807, 2.05) is 20.8 Å². The first-order chi connectivity index (χ1) is 11.3. The van der Waals surface area contributed by atoms with Gasteiger partial charge < -0.3 is 15.4 Å². The summed E-state index contributed by atoms with van der Waals surface area (Å²) in [7, 11) is 0. The van der Waals surface area contributed by atoms with Gasteiger partial charge in [-0.3, -0.25) is 9.59 Å². The number of hydrogen-bond donors (Lipinski definition) is 2. The van der Waals surface area contributed by atoms with Crippen LogP contribution in [-0.4, -0.2) is 30.4 Å². The second kappa shape index (κ2) is 9.70. The van der Waals surface area contributed by atoms with Gasteiger partial charge in [0.2, 0.25) is 11.8 Å². The average Bonchev–Trinajstić information content (AvgIpc) is 2.53. The Morgan fingerprint density at radius 1 is 1.12 bits per heavy atom. The number of ether oxygens (including phenoxy) is 1. The Labute approximate surface area is 143 Å². The molecule has 1 unspecified atom stereocenters. The maximum absolute atomic E-state index is 12.3. The normalized spacial score (nSPS) is 11.7. The van der Waals surface area contributed by atoms with Crippen LogP contribution in [0.1, 0.15) is 50.9 Å². The monoisotopic (exact) mass is 334 g/mol. The van der Waals surface area contributed by atoms with Crippen LogP contribution in [0.5, 0.6) is 0 Å². The summed E-state index contributed by atoms with van der Waals surface area (Å²) in [4.78, 5) is 35.3. The van der Waals surface area contributed by atoms with Crippen LogP contribution in [0.4, 0.5) is 5.69 Å². The van der Waals surface area contributed by atoms with Crippen LogP contribution in [0.15, 0.2) is 24.3 Å². The Hall–Kier alpha value is -2.37. The van der Waals surface area contributed by atoms with Crippen LogP contribution in [0.2, 0.25) is 0 Å². The first-order valence-electron chi connectivity index (χ1n) is 8.20. The van der Waals surface area contributed by atoms with E-state index >= 15 is 0 Å². The number of hydrogen-bond acceptors (Lipinski definition) is 4. The van der Waals surface area contributed by atoms with Crippen molar-refractivity contribution in [2.24, 2.45) is 5.92 Å². The molecular weight excluding hydrogens is 308 g/mol. The molecule has 1 aromatic carbocycles. The Morgan fingerprint density at radius 3 is 2.25 bits per heavy atom. The molecule has 0 saturated carbocycles. The maximum atomic E-state index is 12.3. The van der Waals surface area contributed by atoms with E-state index in [1.165, 1.54) is 6.92 Å². The second-order valence-corrected chi connectivity index (χ2v) is 5.98. The van der Waals surface area contributed by atoms with E-state index in [-0.39, 0.29) is 23.7 Å². The lowest BCUT2D eigenvalue weighted by atomic mass is 10.0. The number of rotatable bonds is 8. The summed E-state index contributed by atoms with van der Waals surface area (Å²) in [6.07, 6.45) is 1.79. The molecule has 24 heavy (non-hydrogen) atoms. The zero-order valence-electron chi connectivity index (χ0n) is 14.7. The molecule has 2 amide bonds. The van der Waals surface area contributed by atoms with E-state index in [1.54, 1.807) is 24.3 Å². The molecule has 1 aromatic rings. The minimum absolute atomic E-state index is 0.0401. The summed E-state index contributed by atoms with van der Waals surface area (Å²) >= 11 is 0. The third-order valence-corrected chi connectivity index (χ3v) is 3.43. The van der Waals surface area contributed by atoms with Crippen molar-refractivity contribution < 1.29 is 19.1 Å². The highest BCUT2D eigenvalue weighted by atomic mass is 16.5. The van der Waals surface area contributed by atoms with Gasteiger partial charge in [-0.2, -0.15) is 0 Å². The van der Waals surface area contributed by atoms with Crippen molar-refractivity contribution >= 4 is 23.5 Å². The van der Waals surface area contributed by atoms with Gasteiger partial charge in [-0.05, 0) is 36.6 Å². The van der Waals surface area contributed by atoms with Gasteiger partial charge in [0.25, 0.3) is 0 Å². The molecule has 6 nitrogen and oxygen atoms in total. The third kappa shape index (κ3) is 6.40. The molecule has 0 aliphatic carbocycles. The Balaban J connectivity index is 2.67. The van der Waals surface area contributed by atoms with E-state index in [0.717, 1.165) is 12.8 Å². The van der Waals surface area contributed by atoms with Gasteiger partial charge in [-0.15, -0.1) is 0 Å². The summed E-state index contributed by atoms with van der Waals surface area (Å²) in [6.45, 7) is 7.52. The zero-order valence-corrected chi connectivity index (χ0v) is 14.7. The van der Waals surface area contributed by atoms with Crippen LogP contribution in [0.25, 0.3) is 0 Å². The lowest BCUT2D eigenvalue weighted by Gasteiger charge is -2.21. The van der Waals surface area contributed by atoms with Gasteiger partial charge in [-0.1, -0.05) is 27.2 Å². The second-order valence-electron chi connectivity index (χ2n) is 5.98. The number of anilines is 1. The van der Waals surface area contributed by atoms with Crippen LogP contribution in [-0.2, 0) is 14.3 Å². The fourth-order valence-corrected chi connectivity index (χ4v) is 2.06. The predicted molar refractivity (Wildman–Crippen MR) is 92.7 cm³/mol. The third-order valence-electron chi connectivity index (χ3n) is 3.43. The van der Waals surface area contributed by atoms with E-state index in [9.17, 15) is 14.4 Å². The molecule has 0 bridgehead atoms. The number of nitrogens with one attached hydrogen (secondary N) is 2. The van der Waals surface area contributed by atoms with E-state index in [2.05, 4.69) is 10.6 Å². The Kier molecular flexibility index (Phi) is 7.95. The quantitative estimate of drug-likeness (QED) is 0.565. The highest BCUT2D eigenvalue weighted by Crippen LogP contribution is 2.13. The standard InChI is InChI=1S/C18H26N2O4/c1-5-6-11-24-18(23)14-7-9-15(10-8-14)20-17(22)16(12(2)3)19-13(4)21/h7-10,12,16H,5-6,11H2,1-4H3,(H,19,21)(H,20,22). The van der Waals surface area contributed by atoms with Gasteiger partial charge in [-0.25, -0.2) is 4.79 Å². The summed E-state index contributed by atoms with van der Waals surface area (Å²) in [5.41, 5.74) is 0.993. The lowest BCUT2D eigenvalue weighted by Crippen LogP contribution is -2.46. The van der Waals surface area contributed by atoms with Crippen molar-refractivity contribution in [2.75, 3.05) is 11.9 Å². The molecule has 0 aliphatic heterocycles. The van der Waals surface area contributed by atoms with Crippen LogP contribution in [0, 0.1) is 5.92 Å². The number of benzene rings is 1. The number of amides is 2. The fourth-order valence-electron chi connectivity index (χ4n) is 2.06. The largest absolute Gasteiger partial charge is 0.462 e. The molecule has 1 rings (SSSR count). The van der Waals surface area contributed by atoms with Gasteiger partial charge >= 0.3 is 5.97 Å². The van der Waals surface area contributed by atoms with Crippen molar-refractivity contribution in [3.05, 3.63) is 29.8 Å². The molecular formula is C18H26N2O4. The first-order valence-corrected chi connectivity index (χ1v) is 8.20. The Morgan fingerprint density at radius 2 is 1.75 bits per heavy atom. The van der Waals surface area contributed by atoms with Crippen LogP contribution in [0.3, 0.4) is 0 Å². The van der Waals surface area contributed by atoms with Crippen LogP contribution >= 0.6 is 0 Å². The first kappa shape index (κ1) is 19.7. The minimum Gasteiger partial charge on any atom is -0.462 e. The van der Waals surface area contributed by atoms with Crippen molar-refractivity contribution in [3.63, 3.8) is 0 Å². The summed E-state index contributed by atoms with van der Waals surface area (Å²) in [5, 5.41) is 5.37. The summed E-state index contributed by atoms with van der Waals surface area (Å²) in [6, 6.07) is 5.87. The molecule has 0 aromatic heterocycles. The molecule has 2 N–H and O–H groups in total. The molecule has 0 aliphatic rings. The van der Waals surface area contributed by atoms with Crippen molar-refractivity contribution in [1.82, 2.24) is 5.32 Å².